The van der Waals surface area contributed by atoms with Crippen LogP contribution in [0.5, 0.6) is 0 Å². The van der Waals surface area contributed by atoms with Crippen LogP contribution in [0.15, 0.2) is 22.8 Å². The molecular formula is C16H26N2O. The summed E-state index contributed by atoms with van der Waals surface area (Å²) in [5.41, 5.74) is 0. The Bertz CT molecular complexity index is 368. The molecule has 0 unspecified atom stereocenters. The predicted octanol–water partition coefficient (Wildman–Crippen LogP) is 2.98. The summed E-state index contributed by atoms with van der Waals surface area (Å²) < 4.78 is 5.44. The highest BCUT2D eigenvalue weighted by Crippen LogP contribution is 2.28. The van der Waals surface area contributed by atoms with E-state index in [0.29, 0.717) is 0 Å². The molecule has 1 saturated heterocycles. The number of piperazine rings is 1. The van der Waals surface area contributed by atoms with Crippen LogP contribution in [0.2, 0.25) is 0 Å². The van der Waals surface area contributed by atoms with Crippen LogP contribution in [-0.4, -0.2) is 42.0 Å². The van der Waals surface area contributed by atoms with Crippen LogP contribution < -0.4 is 0 Å². The van der Waals surface area contributed by atoms with Gasteiger partial charge in [0.25, 0.3) is 0 Å². The van der Waals surface area contributed by atoms with E-state index < -0.39 is 0 Å². The quantitative estimate of drug-likeness (QED) is 0.835. The third-order valence-electron chi connectivity index (χ3n) is 4.90. The van der Waals surface area contributed by atoms with Gasteiger partial charge in [-0.1, -0.05) is 19.8 Å². The first-order valence-electron chi connectivity index (χ1n) is 7.82. The van der Waals surface area contributed by atoms with Crippen molar-refractivity contribution in [2.24, 2.45) is 5.92 Å². The van der Waals surface area contributed by atoms with E-state index in [-0.39, 0.29) is 0 Å². The summed E-state index contributed by atoms with van der Waals surface area (Å²) >= 11 is 0. The molecule has 3 rings (SSSR count). The standard InChI is InChI=1S/C16H26N2O/c1-14-5-2-3-7-16(14)18-10-8-17(9-11-18)13-15-6-4-12-19-15/h4,6,12,14,16H,2-3,5,7-11,13H2,1H3/t14-,16-/m0/s1. The molecule has 0 amide bonds. The van der Waals surface area contributed by atoms with Crippen LogP contribution in [-0.2, 0) is 6.54 Å². The van der Waals surface area contributed by atoms with Crippen LogP contribution >= 0.6 is 0 Å². The molecule has 0 bridgehead atoms. The summed E-state index contributed by atoms with van der Waals surface area (Å²) in [5.74, 6) is 1.99. The highest BCUT2D eigenvalue weighted by molar-refractivity contribution is 4.98. The molecule has 1 saturated carbocycles. The van der Waals surface area contributed by atoms with E-state index in [1.165, 1.54) is 51.9 Å². The second-order valence-corrected chi connectivity index (χ2v) is 6.22. The summed E-state index contributed by atoms with van der Waals surface area (Å²) in [5, 5.41) is 0. The van der Waals surface area contributed by atoms with Gasteiger partial charge in [0.1, 0.15) is 5.76 Å². The molecule has 1 aromatic heterocycles. The zero-order valence-corrected chi connectivity index (χ0v) is 12.1. The third kappa shape index (κ3) is 3.21. The Morgan fingerprint density at radius 2 is 1.95 bits per heavy atom. The molecule has 0 radical (unpaired) electrons. The molecule has 1 aromatic rings. The van der Waals surface area contributed by atoms with Gasteiger partial charge >= 0.3 is 0 Å². The molecule has 2 heterocycles. The lowest BCUT2D eigenvalue weighted by Crippen LogP contribution is -2.52. The number of nitrogens with zero attached hydrogens (tertiary/aromatic N) is 2. The Morgan fingerprint density at radius 3 is 2.63 bits per heavy atom. The van der Waals surface area contributed by atoms with Gasteiger partial charge in [-0.15, -0.1) is 0 Å². The van der Waals surface area contributed by atoms with Crippen molar-refractivity contribution in [2.75, 3.05) is 26.2 Å². The number of furan rings is 1. The molecule has 19 heavy (non-hydrogen) atoms. The first-order chi connectivity index (χ1) is 9.33. The Hall–Kier alpha value is -0.800. The summed E-state index contributed by atoms with van der Waals surface area (Å²) in [6, 6.07) is 4.91. The van der Waals surface area contributed by atoms with E-state index in [4.69, 9.17) is 4.42 Å². The second-order valence-electron chi connectivity index (χ2n) is 6.22. The van der Waals surface area contributed by atoms with Crippen molar-refractivity contribution in [3.05, 3.63) is 24.2 Å². The maximum Gasteiger partial charge on any atom is 0.117 e. The largest absolute Gasteiger partial charge is 0.468 e. The van der Waals surface area contributed by atoms with Gasteiger partial charge in [0.2, 0.25) is 0 Å². The Labute approximate surface area is 116 Å². The Balaban J connectivity index is 1.49. The van der Waals surface area contributed by atoms with Crippen LogP contribution in [0, 0.1) is 5.92 Å². The van der Waals surface area contributed by atoms with Gasteiger partial charge in [-0.3, -0.25) is 9.80 Å². The van der Waals surface area contributed by atoms with Gasteiger partial charge in [0, 0.05) is 32.2 Å². The van der Waals surface area contributed by atoms with Gasteiger partial charge in [0.15, 0.2) is 0 Å². The van der Waals surface area contributed by atoms with Crippen molar-refractivity contribution in [2.45, 2.75) is 45.2 Å². The Morgan fingerprint density at radius 1 is 1.16 bits per heavy atom. The normalized spacial score (nSPS) is 30.6. The lowest BCUT2D eigenvalue weighted by Gasteiger charge is -2.43. The monoisotopic (exact) mass is 262 g/mol. The lowest BCUT2D eigenvalue weighted by molar-refractivity contribution is 0.0494. The summed E-state index contributed by atoms with van der Waals surface area (Å²) in [6.45, 7) is 8.25. The fourth-order valence-corrected chi connectivity index (χ4v) is 3.72. The second kappa shape index (κ2) is 6.10. The topological polar surface area (TPSA) is 19.6 Å². The lowest BCUT2D eigenvalue weighted by atomic mass is 9.84. The molecule has 0 spiro atoms. The van der Waals surface area contributed by atoms with Gasteiger partial charge in [-0.2, -0.15) is 0 Å². The molecule has 0 aromatic carbocycles. The van der Waals surface area contributed by atoms with Crippen LogP contribution in [0.25, 0.3) is 0 Å². The molecule has 2 aliphatic rings. The average molecular weight is 262 g/mol. The molecule has 1 aliphatic carbocycles. The number of hydrogen-bond acceptors (Lipinski definition) is 3. The number of rotatable bonds is 3. The minimum Gasteiger partial charge on any atom is -0.468 e. The first-order valence-corrected chi connectivity index (χ1v) is 7.82. The van der Waals surface area contributed by atoms with Crippen molar-refractivity contribution < 1.29 is 4.42 Å². The highest BCUT2D eigenvalue weighted by atomic mass is 16.3. The van der Waals surface area contributed by atoms with E-state index in [1.807, 2.05) is 6.07 Å². The maximum atomic E-state index is 5.44. The van der Waals surface area contributed by atoms with E-state index in [9.17, 15) is 0 Å². The van der Waals surface area contributed by atoms with Crippen molar-refractivity contribution in [3.8, 4) is 0 Å². The van der Waals surface area contributed by atoms with Crippen LogP contribution in [0.4, 0.5) is 0 Å². The molecule has 1 aliphatic heterocycles. The SMILES string of the molecule is C[C@H]1CCCC[C@@H]1N1CCN(Cc2ccco2)CC1. The summed E-state index contributed by atoms with van der Waals surface area (Å²) in [7, 11) is 0. The zero-order valence-electron chi connectivity index (χ0n) is 12.1. The molecule has 3 heteroatoms. The molecule has 0 N–H and O–H groups in total. The van der Waals surface area contributed by atoms with Crippen LogP contribution in [0.3, 0.4) is 0 Å². The van der Waals surface area contributed by atoms with Gasteiger partial charge in [-0.25, -0.2) is 0 Å². The van der Waals surface area contributed by atoms with Crippen molar-refractivity contribution in [1.82, 2.24) is 9.80 Å². The van der Waals surface area contributed by atoms with Crippen molar-refractivity contribution >= 4 is 0 Å². The maximum absolute atomic E-state index is 5.44. The Kier molecular flexibility index (Phi) is 4.24. The van der Waals surface area contributed by atoms with Gasteiger partial charge in [-0.05, 0) is 30.9 Å². The fourth-order valence-electron chi connectivity index (χ4n) is 3.72. The van der Waals surface area contributed by atoms with Gasteiger partial charge < -0.3 is 4.42 Å². The minimum absolute atomic E-state index is 0.847. The summed E-state index contributed by atoms with van der Waals surface area (Å²) in [4.78, 5) is 5.26. The van der Waals surface area contributed by atoms with E-state index in [1.54, 1.807) is 6.26 Å². The fraction of sp³-hybridized carbons (Fsp3) is 0.750. The highest BCUT2D eigenvalue weighted by Gasteiger charge is 2.29. The van der Waals surface area contributed by atoms with Gasteiger partial charge in [0.05, 0.1) is 12.8 Å². The smallest absolute Gasteiger partial charge is 0.117 e. The van der Waals surface area contributed by atoms with Crippen molar-refractivity contribution in [1.29, 1.82) is 0 Å². The van der Waals surface area contributed by atoms with Crippen molar-refractivity contribution in [3.63, 3.8) is 0 Å². The molecular weight excluding hydrogens is 236 g/mol. The zero-order chi connectivity index (χ0) is 13.1. The molecule has 2 fully saturated rings. The molecule has 106 valence electrons. The summed E-state index contributed by atoms with van der Waals surface area (Å²) in [6.07, 6.45) is 7.49. The van der Waals surface area contributed by atoms with E-state index in [2.05, 4.69) is 22.8 Å². The average Bonchev–Trinajstić information content (AvgIpc) is 2.93. The number of hydrogen-bond donors (Lipinski definition) is 0. The molecule has 3 nitrogen and oxygen atoms in total. The van der Waals surface area contributed by atoms with Crippen LogP contribution in [0.1, 0.15) is 38.4 Å². The third-order valence-corrected chi connectivity index (χ3v) is 4.90. The van der Waals surface area contributed by atoms with E-state index in [0.717, 1.165) is 24.3 Å². The van der Waals surface area contributed by atoms with E-state index >= 15 is 0 Å². The minimum atomic E-state index is 0.847. The first kappa shape index (κ1) is 13.2. The predicted molar refractivity (Wildman–Crippen MR) is 77.0 cm³/mol. The molecule has 2 atom stereocenters.